The number of aryl methyl sites for hydroxylation is 1. The lowest BCUT2D eigenvalue weighted by Crippen LogP contribution is -2.19. The van der Waals surface area contributed by atoms with Gasteiger partial charge in [-0.05, 0) is 60.9 Å². The van der Waals surface area contributed by atoms with Gasteiger partial charge in [0.25, 0.3) is 5.91 Å². The van der Waals surface area contributed by atoms with E-state index < -0.39 is 0 Å². The molecule has 0 spiro atoms. The van der Waals surface area contributed by atoms with E-state index >= 15 is 0 Å². The zero-order valence-corrected chi connectivity index (χ0v) is 15.5. The highest BCUT2D eigenvalue weighted by molar-refractivity contribution is 7.14. The maximum atomic E-state index is 12.4. The molecule has 2 aromatic rings. The molecule has 0 bridgehead atoms. The Morgan fingerprint density at radius 3 is 3.00 bits per heavy atom. The van der Waals surface area contributed by atoms with E-state index in [1.54, 1.807) is 11.3 Å². The minimum atomic E-state index is -0.130. The number of carbonyl (C=O) groups is 1. The number of hydrogen-bond donors (Lipinski definition) is 1. The van der Waals surface area contributed by atoms with Crippen molar-refractivity contribution in [1.29, 1.82) is 0 Å². The fourth-order valence-corrected chi connectivity index (χ4v) is 4.30. The van der Waals surface area contributed by atoms with Crippen LogP contribution in [-0.4, -0.2) is 11.6 Å². The number of nitrogens with zero attached hydrogens (tertiary/aromatic N) is 1. The molecule has 0 saturated heterocycles. The molecule has 0 saturated carbocycles. The summed E-state index contributed by atoms with van der Waals surface area (Å²) in [4.78, 5) is 14.5. The molecule has 1 aliphatic rings. The molecular weight excluding hydrogens is 340 g/mol. The number of benzene rings is 1. The van der Waals surface area contributed by atoms with Gasteiger partial charge in [0.1, 0.15) is 0 Å². The molecule has 5 heteroatoms. The summed E-state index contributed by atoms with van der Waals surface area (Å²) in [5, 5.41) is 4.98. The zero-order chi connectivity index (χ0) is 17.1. The van der Waals surface area contributed by atoms with Crippen LogP contribution in [0.4, 0.5) is 0 Å². The number of carbonyl (C=O) groups excluding carboxylic acids is 1. The first kappa shape index (κ1) is 17.2. The highest BCUT2D eigenvalue weighted by Gasteiger charge is 2.20. The Balaban J connectivity index is 1.74. The molecule has 1 unspecified atom stereocenters. The summed E-state index contributed by atoms with van der Waals surface area (Å²) in [6, 6.07) is 9.56. The van der Waals surface area contributed by atoms with Crippen molar-refractivity contribution in [2.75, 3.05) is 0 Å². The molecule has 0 radical (unpaired) electrons. The number of halogens is 1. The van der Waals surface area contributed by atoms with Crippen molar-refractivity contribution < 1.29 is 4.79 Å². The summed E-state index contributed by atoms with van der Waals surface area (Å²) in [6.45, 7) is 4.28. The van der Waals surface area contributed by atoms with E-state index in [9.17, 15) is 4.79 Å². The Hall–Kier alpha value is -1.65. The smallest absolute Gasteiger partial charge is 0.266 e. The van der Waals surface area contributed by atoms with Gasteiger partial charge in [-0.25, -0.2) is 5.43 Å². The summed E-state index contributed by atoms with van der Waals surface area (Å²) in [7, 11) is 0. The van der Waals surface area contributed by atoms with E-state index in [0.29, 0.717) is 10.9 Å². The molecule has 1 N–H and O–H groups in total. The third kappa shape index (κ3) is 3.87. The first-order chi connectivity index (χ1) is 11.6. The molecule has 0 fully saturated rings. The molecule has 1 aromatic carbocycles. The topological polar surface area (TPSA) is 41.5 Å². The molecular formula is C19H21ClN2OS. The zero-order valence-electron chi connectivity index (χ0n) is 13.9. The number of nitrogens with one attached hydrogen (secondary N) is 1. The van der Waals surface area contributed by atoms with E-state index in [4.69, 9.17) is 11.6 Å². The summed E-state index contributed by atoms with van der Waals surface area (Å²) >= 11 is 7.63. The summed E-state index contributed by atoms with van der Waals surface area (Å²) in [5.74, 6) is 0.575. The van der Waals surface area contributed by atoms with Crippen molar-refractivity contribution in [2.24, 2.45) is 11.0 Å². The van der Waals surface area contributed by atoms with Crippen LogP contribution in [0, 0.1) is 5.92 Å². The van der Waals surface area contributed by atoms with Crippen molar-refractivity contribution in [1.82, 2.24) is 5.43 Å². The monoisotopic (exact) mass is 360 g/mol. The summed E-state index contributed by atoms with van der Waals surface area (Å²) < 4.78 is 0. The molecule has 0 aliphatic heterocycles. The minimum Gasteiger partial charge on any atom is -0.266 e. The minimum absolute atomic E-state index is 0.130. The van der Waals surface area contributed by atoms with Gasteiger partial charge in [-0.3, -0.25) is 4.79 Å². The summed E-state index contributed by atoms with van der Waals surface area (Å²) in [6.07, 6.45) is 4.09. The number of amides is 1. The van der Waals surface area contributed by atoms with Crippen LogP contribution in [0.3, 0.4) is 0 Å². The molecule has 126 valence electrons. The lowest BCUT2D eigenvalue weighted by atomic mass is 9.90. The lowest BCUT2D eigenvalue weighted by molar-refractivity contribution is 0.0959. The van der Waals surface area contributed by atoms with E-state index in [2.05, 4.69) is 17.5 Å². The number of hydrogen-bond acceptors (Lipinski definition) is 3. The quantitative estimate of drug-likeness (QED) is 0.600. The van der Waals surface area contributed by atoms with Crippen molar-refractivity contribution in [3.63, 3.8) is 0 Å². The van der Waals surface area contributed by atoms with E-state index in [0.717, 1.165) is 35.4 Å². The van der Waals surface area contributed by atoms with Crippen LogP contribution >= 0.6 is 22.9 Å². The number of rotatable bonds is 4. The van der Waals surface area contributed by atoms with Crippen LogP contribution in [0.5, 0.6) is 0 Å². The largest absolute Gasteiger partial charge is 0.281 e. The Morgan fingerprint density at radius 1 is 1.42 bits per heavy atom. The van der Waals surface area contributed by atoms with Crippen molar-refractivity contribution in [2.45, 2.75) is 39.5 Å². The Labute approximate surface area is 151 Å². The van der Waals surface area contributed by atoms with Gasteiger partial charge in [0, 0.05) is 9.90 Å². The van der Waals surface area contributed by atoms with Crippen LogP contribution < -0.4 is 5.43 Å². The number of thiophene rings is 1. The normalized spacial score (nSPS) is 17.5. The van der Waals surface area contributed by atoms with E-state index in [-0.39, 0.29) is 5.91 Å². The maximum Gasteiger partial charge on any atom is 0.281 e. The SMILES string of the molecule is CCC(=NNC(=O)c1cc2c(s1)CCC(C)C2)c1cccc(Cl)c1. The number of hydrazone groups is 1. The van der Waals surface area contributed by atoms with Gasteiger partial charge in [-0.1, -0.05) is 37.6 Å². The summed E-state index contributed by atoms with van der Waals surface area (Å²) in [5.41, 5.74) is 5.79. The van der Waals surface area contributed by atoms with Gasteiger partial charge in [-0.15, -0.1) is 11.3 Å². The molecule has 1 heterocycles. The van der Waals surface area contributed by atoms with E-state index in [1.165, 1.54) is 16.9 Å². The first-order valence-electron chi connectivity index (χ1n) is 8.31. The van der Waals surface area contributed by atoms with Crippen LogP contribution in [0.15, 0.2) is 35.4 Å². The molecule has 1 atom stereocenters. The van der Waals surface area contributed by atoms with Crippen molar-refractivity contribution in [3.05, 3.63) is 56.2 Å². The van der Waals surface area contributed by atoms with Crippen molar-refractivity contribution >= 4 is 34.6 Å². The predicted molar refractivity (Wildman–Crippen MR) is 101 cm³/mol. The maximum absolute atomic E-state index is 12.4. The van der Waals surface area contributed by atoms with Gasteiger partial charge < -0.3 is 0 Å². The molecule has 3 nitrogen and oxygen atoms in total. The predicted octanol–water partition coefficient (Wildman–Crippen LogP) is 5.07. The lowest BCUT2D eigenvalue weighted by Gasteiger charge is -2.16. The van der Waals surface area contributed by atoms with Gasteiger partial charge in [0.05, 0.1) is 10.6 Å². The second kappa shape index (κ2) is 7.49. The Morgan fingerprint density at radius 2 is 2.25 bits per heavy atom. The average molecular weight is 361 g/mol. The molecule has 1 amide bonds. The highest BCUT2D eigenvalue weighted by Crippen LogP contribution is 2.32. The fourth-order valence-electron chi connectivity index (χ4n) is 3.01. The Bertz CT molecular complexity index is 781. The average Bonchev–Trinajstić information content (AvgIpc) is 2.98. The van der Waals surface area contributed by atoms with Crippen LogP contribution in [0.1, 0.15) is 52.4 Å². The second-order valence-corrected chi connectivity index (χ2v) is 7.84. The molecule has 3 rings (SSSR count). The van der Waals surface area contributed by atoms with Gasteiger partial charge >= 0.3 is 0 Å². The Kier molecular flexibility index (Phi) is 5.36. The highest BCUT2D eigenvalue weighted by atomic mass is 35.5. The van der Waals surface area contributed by atoms with E-state index in [1.807, 2.05) is 37.3 Å². The third-order valence-corrected chi connectivity index (χ3v) is 5.81. The van der Waals surface area contributed by atoms with Crippen molar-refractivity contribution in [3.8, 4) is 0 Å². The number of fused-ring (bicyclic) bond motifs is 1. The first-order valence-corrected chi connectivity index (χ1v) is 9.50. The van der Waals surface area contributed by atoms with Crippen LogP contribution in [0.2, 0.25) is 5.02 Å². The van der Waals surface area contributed by atoms with Gasteiger partial charge in [0.15, 0.2) is 0 Å². The second-order valence-electron chi connectivity index (χ2n) is 6.27. The molecule has 1 aliphatic carbocycles. The van der Waals surface area contributed by atoms with Crippen LogP contribution in [-0.2, 0) is 12.8 Å². The third-order valence-electron chi connectivity index (χ3n) is 4.34. The van der Waals surface area contributed by atoms with Gasteiger partial charge in [-0.2, -0.15) is 5.10 Å². The standard InChI is InChI=1S/C19H21ClN2OS/c1-3-16(13-5-4-6-15(20)10-13)21-22-19(23)18-11-14-9-12(2)7-8-17(14)24-18/h4-6,10-12H,3,7-9H2,1-2H3,(H,22,23). The molecule has 24 heavy (non-hydrogen) atoms. The van der Waals surface area contributed by atoms with Crippen LogP contribution in [0.25, 0.3) is 0 Å². The molecule has 1 aromatic heterocycles. The van der Waals surface area contributed by atoms with Gasteiger partial charge in [0.2, 0.25) is 0 Å². The fraction of sp³-hybridized carbons (Fsp3) is 0.368.